The molecule has 0 aromatic carbocycles. The maximum absolute atomic E-state index is 4.58. The van der Waals surface area contributed by atoms with Crippen LogP contribution < -0.4 is 5.32 Å². The first-order chi connectivity index (χ1) is 8.83. The van der Waals surface area contributed by atoms with Crippen molar-refractivity contribution in [2.24, 2.45) is 5.92 Å². The first-order valence-electron chi connectivity index (χ1n) is 7.59. The Kier molecular flexibility index (Phi) is 5.24. The molecule has 3 heteroatoms. The van der Waals surface area contributed by atoms with Crippen molar-refractivity contribution in [1.29, 1.82) is 0 Å². The molecule has 1 aliphatic carbocycles. The van der Waals surface area contributed by atoms with Crippen LogP contribution in [-0.2, 0) is 19.5 Å². The van der Waals surface area contributed by atoms with Gasteiger partial charge in [0.25, 0.3) is 0 Å². The summed E-state index contributed by atoms with van der Waals surface area (Å²) in [7, 11) is 0. The Hall–Kier alpha value is -0.830. The summed E-state index contributed by atoms with van der Waals surface area (Å²) in [5, 5.41) is 8.16. The fraction of sp³-hybridized carbons (Fsp3) is 0.800. The number of hydrogen-bond acceptors (Lipinski definition) is 2. The number of nitrogens with zero attached hydrogens (tertiary/aromatic N) is 2. The lowest BCUT2D eigenvalue weighted by atomic mass is 10.0. The molecule has 1 aromatic heterocycles. The fourth-order valence-corrected chi connectivity index (χ4v) is 2.93. The molecule has 3 nitrogen and oxygen atoms in total. The maximum Gasteiger partial charge on any atom is 0.0625 e. The van der Waals surface area contributed by atoms with E-state index in [2.05, 4.69) is 35.0 Å². The van der Waals surface area contributed by atoms with Gasteiger partial charge in [0, 0.05) is 13.1 Å². The van der Waals surface area contributed by atoms with E-state index in [1.807, 2.05) is 0 Å². The Balaban J connectivity index is 1.73. The third kappa shape index (κ3) is 3.58. The predicted octanol–water partition coefficient (Wildman–Crippen LogP) is 3.14. The highest BCUT2D eigenvalue weighted by molar-refractivity contribution is 5.10. The second-order valence-corrected chi connectivity index (χ2v) is 5.41. The lowest BCUT2D eigenvalue weighted by Gasteiger charge is -2.10. The third-order valence-corrected chi connectivity index (χ3v) is 4.09. The van der Waals surface area contributed by atoms with Crippen LogP contribution in [0.1, 0.15) is 57.3 Å². The summed E-state index contributed by atoms with van der Waals surface area (Å²) in [4.78, 5) is 0. The highest BCUT2D eigenvalue weighted by Gasteiger charge is 2.14. The van der Waals surface area contributed by atoms with Gasteiger partial charge in [0.2, 0.25) is 0 Å². The van der Waals surface area contributed by atoms with Crippen LogP contribution in [0.25, 0.3) is 0 Å². The van der Waals surface area contributed by atoms with Crippen molar-refractivity contribution < 1.29 is 0 Å². The van der Waals surface area contributed by atoms with E-state index in [4.69, 9.17) is 0 Å². The second-order valence-electron chi connectivity index (χ2n) is 5.41. The zero-order chi connectivity index (χ0) is 12.8. The highest BCUT2D eigenvalue weighted by Crippen LogP contribution is 2.26. The van der Waals surface area contributed by atoms with Crippen LogP contribution >= 0.6 is 0 Å². The molecule has 1 N–H and O–H groups in total. The summed E-state index contributed by atoms with van der Waals surface area (Å²) in [6.07, 6.45) is 8.19. The van der Waals surface area contributed by atoms with Gasteiger partial charge in [-0.15, -0.1) is 0 Å². The molecule has 1 aromatic rings. The van der Waals surface area contributed by atoms with Gasteiger partial charge < -0.3 is 5.32 Å². The Morgan fingerprint density at radius 2 is 2.11 bits per heavy atom. The van der Waals surface area contributed by atoms with Crippen molar-refractivity contribution in [3.63, 3.8) is 0 Å². The van der Waals surface area contributed by atoms with Crippen molar-refractivity contribution in [2.45, 2.75) is 65.5 Å². The molecule has 1 aliphatic rings. The lowest BCUT2D eigenvalue weighted by molar-refractivity contribution is 0.471. The minimum Gasteiger partial charge on any atom is -0.311 e. The minimum absolute atomic E-state index is 0.966. The number of aryl methyl sites for hydroxylation is 2. The van der Waals surface area contributed by atoms with Gasteiger partial charge in [-0.1, -0.05) is 32.6 Å². The molecule has 0 aliphatic heterocycles. The van der Waals surface area contributed by atoms with Gasteiger partial charge in [-0.05, 0) is 38.3 Å². The molecule has 0 unspecified atom stereocenters. The standard InChI is InChI=1S/C15H27N3/c1-3-14-11-15(18(4-2)17-14)12-16-10-9-13-7-5-6-8-13/h11,13,16H,3-10,12H2,1-2H3. The molecule has 0 bridgehead atoms. The Morgan fingerprint density at radius 1 is 1.33 bits per heavy atom. The molecule has 2 rings (SSSR count). The second kappa shape index (κ2) is 6.93. The fourth-order valence-electron chi connectivity index (χ4n) is 2.93. The molecular weight excluding hydrogens is 222 g/mol. The normalized spacial score (nSPS) is 16.6. The van der Waals surface area contributed by atoms with Gasteiger partial charge in [0.1, 0.15) is 0 Å². The average Bonchev–Trinajstić information content (AvgIpc) is 3.03. The van der Waals surface area contributed by atoms with Crippen LogP contribution in [0.5, 0.6) is 0 Å². The molecule has 0 spiro atoms. The number of rotatable bonds is 7. The van der Waals surface area contributed by atoms with Crippen LogP contribution in [-0.4, -0.2) is 16.3 Å². The summed E-state index contributed by atoms with van der Waals surface area (Å²) < 4.78 is 2.13. The zero-order valence-corrected chi connectivity index (χ0v) is 11.9. The van der Waals surface area contributed by atoms with E-state index < -0.39 is 0 Å². The van der Waals surface area contributed by atoms with Crippen LogP contribution in [0.3, 0.4) is 0 Å². The van der Waals surface area contributed by atoms with E-state index in [1.165, 1.54) is 43.5 Å². The average molecular weight is 249 g/mol. The molecule has 0 radical (unpaired) electrons. The first kappa shape index (κ1) is 13.6. The largest absolute Gasteiger partial charge is 0.311 e. The van der Waals surface area contributed by atoms with Crippen molar-refractivity contribution in [1.82, 2.24) is 15.1 Å². The van der Waals surface area contributed by atoms with Gasteiger partial charge in [-0.2, -0.15) is 5.10 Å². The van der Waals surface area contributed by atoms with Gasteiger partial charge in [0.05, 0.1) is 11.4 Å². The SMILES string of the molecule is CCc1cc(CNCCC2CCCC2)n(CC)n1. The van der Waals surface area contributed by atoms with E-state index >= 15 is 0 Å². The maximum atomic E-state index is 4.58. The van der Waals surface area contributed by atoms with Crippen LogP contribution in [0.15, 0.2) is 6.07 Å². The van der Waals surface area contributed by atoms with E-state index in [1.54, 1.807) is 0 Å². The van der Waals surface area contributed by atoms with Crippen LogP contribution in [0.4, 0.5) is 0 Å². The molecular formula is C15H27N3. The Morgan fingerprint density at radius 3 is 2.78 bits per heavy atom. The summed E-state index contributed by atoms with van der Waals surface area (Å²) >= 11 is 0. The monoisotopic (exact) mass is 249 g/mol. The van der Waals surface area contributed by atoms with Crippen LogP contribution in [0.2, 0.25) is 0 Å². The van der Waals surface area contributed by atoms with E-state index in [9.17, 15) is 0 Å². The Bertz CT molecular complexity index is 351. The van der Waals surface area contributed by atoms with E-state index in [-0.39, 0.29) is 0 Å². The molecule has 1 fully saturated rings. The Labute approximate surface area is 111 Å². The summed E-state index contributed by atoms with van der Waals surface area (Å²) in [6.45, 7) is 7.42. The van der Waals surface area contributed by atoms with E-state index in [0.29, 0.717) is 0 Å². The lowest BCUT2D eigenvalue weighted by Crippen LogP contribution is -2.19. The molecule has 0 atom stereocenters. The molecule has 0 amide bonds. The van der Waals surface area contributed by atoms with Gasteiger partial charge in [-0.25, -0.2) is 0 Å². The molecule has 102 valence electrons. The van der Waals surface area contributed by atoms with Crippen molar-refractivity contribution in [3.05, 3.63) is 17.5 Å². The highest BCUT2D eigenvalue weighted by atomic mass is 15.3. The van der Waals surface area contributed by atoms with Crippen LogP contribution in [0, 0.1) is 5.92 Å². The van der Waals surface area contributed by atoms with E-state index in [0.717, 1.165) is 32.0 Å². The number of nitrogens with one attached hydrogen (secondary N) is 1. The molecule has 1 heterocycles. The summed E-state index contributed by atoms with van der Waals surface area (Å²) in [5.74, 6) is 0.986. The number of aromatic nitrogens is 2. The van der Waals surface area contributed by atoms with Gasteiger partial charge in [-0.3, -0.25) is 4.68 Å². The topological polar surface area (TPSA) is 29.9 Å². The van der Waals surface area contributed by atoms with Gasteiger partial charge in [0.15, 0.2) is 0 Å². The van der Waals surface area contributed by atoms with Crippen molar-refractivity contribution >= 4 is 0 Å². The molecule has 1 saturated carbocycles. The molecule has 18 heavy (non-hydrogen) atoms. The zero-order valence-electron chi connectivity index (χ0n) is 11.9. The smallest absolute Gasteiger partial charge is 0.0625 e. The first-order valence-corrected chi connectivity index (χ1v) is 7.59. The third-order valence-electron chi connectivity index (χ3n) is 4.09. The summed E-state index contributed by atoms with van der Waals surface area (Å²) in [6, 6.07) is 2.24. The summed E-state index contributed by atoms with van der Waals surface area (Å²) in [5.41, 5.74) is 2.55. The minimum atomic E-state index is 0.966. The molecule has 0 saturated heterocycles. The number of hydrogen-bond donors (Lipinski definition) is 1. The van der Waals surface area contributed by atoms with Gasteiger partial charge >= 0.3 is 0 Å². The van der Waals surface area contributed by atoms with Crippen molar-refractivity contribution in [3.8, 4) is 0 Å². The quantitative estimate of drug-likeness (QED) is 0.752. The predicted molar refractivity (Wildman–Crippen MR) is 75.6 cm³/mol. The van der Waals surface area contributed by atoms with Crippen molar-refractivity contribution in [2.75, 3.05) is 6.54 Å².